The molecule has 31 heavy (non-hydrogen) atoms. The molecule has 1 aromatic rings. The van der Waals surface area contributed by atoms with E-state index in [0.29, 0.717) is 58.9 Å². The van der Waals surface area contributed by atoms with Gasteiger partial charge in [0.15, 0.2) is 0 Å². The van der Waals surface area contributed by atoms with Gasteiger partial charge < -0.3 is 24.3 Å². The topological polar surface area (TPSA) is 73.4 Å². The van der Waals surface area contributed by atoms with Crippen molar-refractivity contribution >= 4 is 23.4 Å². The average molecular weight is 427 g/mol. The zero-order chi connectivity index (χ0) is 21.4. The molecule has 0 N–H and O–H groups in total. The van der Waals surface area contributed by atoms with E-state index in [1.165, 1.54) is 0 Å². The summed E-state index contributed by atoms with van der Waals surface area (Å²) in [6.45, 7) is 3.92. The van der Waals surface area contributed by atoms with Gasteiger partial charge in [0.05, 0.1) is 19.9 Å². The molecule has 0 atom stereocenters. The third kappa shape index (κ3) is 3.78. The van der Waals surface area contributed by atoms with Crippen molar-refractivity contribution in [1.29, 1.82) is 0 Å². The van der Waals surface area contributed by atoms with E-state index in [4.69, 9.17) is 4.74 Å². The lowest BCUT2D eigenvalue weighted by Gasteiger charge is -2.43. The quantitative estimate of drug-likeness (QED) is 0.716. The minimum atomic E-state index is -0.688. The number of carbonyl (C=O) groups is 3. The van der Waals surface area contributed by atoms with E-state index < -0.39 is 5.54 Å². The van der Waals surface area contributed by atoms with Crippen LogP contribution in [0.5, 0.6) is 0 Å². The average Bonchev–Trinajstić information content (AvgIpc) is 3.64. The van der Waals surface area contributed by atoms with E-state index in [2.05, 4.69) is 4.90 Å². The Morgan fingerprint density at radius 2 is 1.65 bits per heavy atom. The van der Waals surface area contributed by atoms with Gasteiger partial charge in [0.25, 0.3) is 5.91 Å². The van der Waals surface area contributed by atoms with Crippen LogP contribution < -0.4 is 4.90 Å². The first kappa shape index (κ1) is 20.3. The number of nitrogens with zero attached hydrogens (tertiary/aromatic N) is 4. The highest BCUT2D eigenvalue weighted by Crippen LogP contribution is 2.40. The first-order valence-corrected chi connectivity index (χ1v) is 11.3. The molecule has 166 valence electrons. The largest absolute Gasteiger partial charge is 0.378 e. The molecule has 1 spiro atoms. The minimum absolute atomic E-state index is 0.0106. The van der Waals surface area contributed by atoms with Gasteiger partial charge in [-0.1, -0.05) is 18.2 Å². The van der Waals surface area contributed by atoms with Crippen LogP contribution in [0.3, 0.4) is 0 Å². The Hall–Kier alpha value is -2.61. The number of morpholine rings is 1. The van der Waals surface area contributed by atoms with Crippen molar-refractivity contribution in [2.45, 2.75) is 31.2 Å². The van der Waals surface area contributed by atoms with Crippen LogP contribution in [0.15, 0.2) is 30.3 Å². The SMILES string of the molecule is O=C(CN1CN(c2ccccc2)C2(CCN(C(=O)C3CC3)CC2)C1=O)N1CCOCC1. The van der Waals surface area contributed by atoms with Crippen LogP contribution in [0.25, 0.3) is 0 Å². The Balaban J connectivity index is 1.35. The lowest BCUT2D eigenvalue weighted by molar-refractivity contribution is -0.144. The molecular formula is C23H30N4O4. The second kappa shape index (κ2) is 8.15. The molecule has 3 aliphatic heterocycles. The molecule has 5 rings (SSSR count). The molecule has 4 aliphatic rings. The van der Waals surface area contributed by atoms with Crippen LogP contribution in [0.2, 0.25) is 0 Å². The summed E-state index contributed by atoms with van der Waals surface area (Å²) in [6, 6.07) is 9.94. The predicted octanol–water partition coefficient (Wildman–Crippen LogP) is 0.923. The smallest absolute Gasteiger partial charge is 0.250 e. The monoisotopic (exact) mass is 426 g/mol. The number of piperidine rings is 1. The van der Waals surface area contributed by atoms with Crippen molar-refractivity contribution < 1.29 is 19.1 Å². The van der Waals surface area contributed by atoms with E-state index in [0.717, 1.165) is 18.5 Å². The zero-order valence-corrected chi connectivity index (χ0v) is 17.9. The number of amides is 3. The first-order valence-electron chi connectivity index (χ1n) is 11.3. The highest BCUT2D eigenvalue weighted by Gasteiger charge is 2.55. The van der Waals surface area contributed by atoms with E-state index >= 15 is 0 Å². The molecule has 0 aromatic heterocycles. The van der Waals surface area contributed by atoms with E-state index in [-0.39, 0.29) is 30.2 Å². The molecule has 8 nitrogen and oxygen atoms in total. The summed E-state index contributed by atoms with van der Waals surface area (Å²) in [7, 11) is 0. The van der Waals surface area contributed by atoms with Gasteiger partial charge in [-0.3, -0.25) is 14.4 Å². The molecule has 1 saturated carbocycles. The number of hydrogen-bond donors (Lipinski definition) is 0. The molecule has 8 heteroatoms. The number of rotatable bonds is 4. The fourth-order valence-corrected chi connectivity index (χ4v) is 5.08. The maximum atomic E-state index is 13.7. The summed E-state index contributed by atoms with van der Waals surface area (Å²) in [6.07, 6.45) is 3.18. The first-order chi connectivity index (χ1) is 15.1. The molecule has 0 radical (unpaired) electrons. The molecule has 3 saturated heterocycles. The van der Waals surface area contributed by atoms with Crippen molar-refractivity contribution in [3.8, 4) is 0 Å². The summed E-state index contributed by atoms with van der Waals surface area (Å²) < 4.78 is 5.34. The second-order valence-electron chi connectivity index (χ2n) is 9.03. The Bertz CT molecular complexity index is 842. The molecule has 3 heterocycles. The summed E-state index contributed by atoms with van der Waals surface area (Å²) >= 11 is 0. The number of likely N-dealkylation sites (tertiary alicyclic amines) is 1. The fourth-order valence-electron chi connectivity index (χ4n) is 5.08. The molecule has 4 fully saturated rings. The lowest BCUT2D eigenvalue weighted by atomic mass is 9.85. The number of anilines is 1. The van der Waals surface area contributed by atoms with Crippen molar-refractivity contribution in [2.24, 2.45) is 5.92 Å². The molecule has 0 unspecified atom stereocenters. The van der Waals surface area contributed by atoms with Crippen LogP contribution in [-0.2, 0) is 19.1 Å². The predicted molar refractivity (Wildman–Crippen MR) is 114 cm³/mol. The van der Waals surface area contributed by atoms with Crippen LogP contribution in [0.1, 0.15) is 25.7 Å². The van der Waals surface area contributed by atoms with Gasteiger partial charge in [-0.2, -0.15) is 0 Å². The number of carbonyl (C=O) groups excluding carboxylic acids is 3. The van der Waals surface area contributed by atoms with E-state index in [9.17, 15) is 14.4 Å². The standard InChI is InChI=1S/C23H30N4O4/c28-20(24-12-14-31-15-13-24)16-26-17-27(19-4-2-1-3-5-19)23(22(26)30)8-10-25(11-9-23)21(29)18-6-7-18/h1-5,18H,6-17H2. The highest BCUT2D eigenvalue weighted by molar-refractivity contribution is 5.96. The minimum Gasteiger partial charge on any atom is -0.378 e. The maximum Gasteiger partial charge on any atom is 0.250 e. The highest BCUT2D eigenvalue weighted by atomic mass is 16.5. The summed E-state index contributed by atoms with van der Waals surface area (Å²) in [5.41, 5.74) is 0.298. The Morgan fingerprint density at radius 1 is 0.968 bits per heavy atom. The molecule has 1 aliphatic carbocycles. The van der Waals surface area contributed by atoms with E-state index in [1.54, 1.807) is 9.80 Å². The number of ether oxygens (including phenoxy) is 1. The van der Waals surface area contributed by atoms with E-state index in [1.807, 2.05) is 35.2 Å². The summed E-state index contributed by atoms with van der Waals surface area (Å²) in [4.78, 5) is 46.6. The number of hydrogen-bond acceptors (Lipinski definition) is 5. The zero-order valence-electron chi connectivity index (χ0n) is 17.9. The van der Waals surface area contributed by atoms with Crippen molar-refractivity contribution in [2.75, 3.05) is 57.5 Å². The number of benzene rings is 1. The van der Waals surface area contributed by atoms with Gasteiger partial charge in [-0.05, 0) is 37.8 Å². The van der Waals surface area contributed by atoms with Gasteiger partial charge in [-0.25, -0.2) is 0 Å². The molecule has 1 aromatic carbocycles. The third-order valence-electron chi connectivity index (χ3n) is 7.10. The fraction of sp³-hybridized carbons (Fsp3) is 0.609. The van der Waals surface area contributed by atoms with Gasteiger partial charge in [0.2, 0.25) is 11.8 Å². The molecule has 3 amide bonds. The van der Waals surface area contributed by atoms with Crippen LogP contribution >= 0.6 is 0 Å². The van der Waals surface area contributed by atoms with Crippen molar-refractivity contribution in [3.63, 3.8) is 0 Å². The van der Waals surface area contributed by atoms with Crippen LogP contribution in [0, 0.1) is 5.92 Å². The van der Waals surface area contributed by atoms with Gasteiger partial charge >= 0.3 is 0 Å². The Kier molecular flexibility index (Phi) is 5.33. The van der Waals surface area contributed by atoms with Crippen molar-refractivity contribution in [3.05, 3.63) is 30.3 Å². The van der Waals surface area contributed by atoms with Crippen molar-refractivity contribution in [1.82, 2.24) is 14.7 Å². The second-order valence-corrected chi connectivity index (χ2v) is 9.03. The van der Waals surface area contributed by atoms with Gasteiger partial charge in [-0.15, -0.1) is 0 Å². The normalized spacial score (nSPS) is 23.5. The Morgan fingerprint density at radius 3 is 2.29 bits per heavy atom. The maximum absolute atomic E-state index is 13.7. The van der Waals surface area contributed by atoms with Gasteiger partial charge in [0.1, 0.15) is 12.1 Å². The summed E-state index contributed by atoms with van der Waals surface area (Å²) in [5.74, 6) is 0.423. The number of para-hydroxylation sites is 1. The van der Waals surface area contributed by atoms with Crippen LogP contribution in [-0.4, -0.2) is 90.6 Å². The lowest BCUT2D eigenvalue weighted by Crippen LogP contribution is -2.57. The Labute approximate surface area is 182 Å². The van der Waals surface area contributed by atoms with Gasteiger partial charge in [0, 0.05) is 37.8 Å². The molecular weight excluding hydrogens is 396 g/mol. The molecule has 0 bridgehead atoms. The van der Waals surface area contributed by atoms with Crippen LogP contribution in [0.4, 0.5) is 5.69 Å². The summed E-state index contributed by atoms with van der Waals surface area (Å²) in [5, 5.41) is 0. The third-order valence-corrected chi connectivity index (χ3v) is 7.10.